The van der Waals surface area contributed by atoms with Crippen molar-refractivity contribution in [1.29, 1.82) is 0 Å². The number of hydrogen-bond acceptors (Lipinski definition) is 2. The van der Waals surface area contributed by atoms with E-state index in [0.717, 1.165) is 10.8 Å². The van der Waals surface area contributed by atoms with Crippen LogP contribution in [0.2, 0.25) is 5.02 Å². The molecule has 0 aromatic heterocycles. The Kier molecular flexibility index (Phi) is 5.05. The minimum Gasteiger partial charge on any atom is -0.300 e. The van der Waals surface area contributed by atoms with Gasteiger partial charge in [-0.3, -0.25) is 4.79 Å². The summed E-state index contributed by atoms with van der Waals surface area (Å²) in [6, 6.07) is 7.68. The minimum absolute atomic E-state index is 0.325. The van der Waals surface area contributed by atoms with Crippen molar-refractivity contribution >= 4 is 29.1 Å². The van der Waals surface area contributed by atoms with E-state index in [2.05, 4.69) is 0 Å². The fourth-order valence-corrected chi connectivity index (χ4v) is 2.01. The fraction of sp³-hybridized carbons (Fsp3) is 0.364. The molecule has 0 N–H and O–H groups in total. The Hall–Kier alpha value is -0.470. The van der Waals surface area contributed by atoms with Gasteiger partial charge in [0.1, 0.15) is 5.78 Å². The lowest BCUT2D eigenvalue weighted by molar-refractivity contribution is -0.118. The van der Waals surface area contributed by atoms with Gasteiger partial charge in [-0.25, -0.2) is 0 Å². The third-order valence-electron chi connectivity index (χ3n) is 1.86. The van der Waals surface area contributed by atoms with Crippen LogP contribution in [-0.4, -0.2) is 11.5 Å². The Morgan fingerprint density at radius 3 is 2.57 bits per heavy atom. The molecule has 0 heterocycles. The summed E-state index contributed by atoms with van der Waals surface area (Å²) in [5, 5.41) is 0.749. The van der Waals surface area contributed by atoms with E-state index in [1.54, 1.807) is 11.8 Å². The van der Waals surface area contributed by atoms with Gasteiger partial charge in [-0.15, -0.1) is 11.8 Å². The summed E-state index contributed by atoms with van der Waals surface area (Å²) in [7, 11) is 0. The quantitative estimate of drug-likeness (QED) is 0.713. The summed E-state index contributed by atoms with van der Waals surface area (Å²) in [4.78, 5) is 12.2. The molecule has 14 heavy (non-hydrogen) atoms. The SMILES string of the molecule is CCC(=O)CCSc1ccc(Cl)cc1. The maximum atomic E-state index is 11.0. The Balaban J connectivity index is 2.31. The van der Waals surface area contributed by atoms with Gasteiger partial charge in [-0.1, -0.05) is 18.5 Å². The molecule has 0 saturated heterocycles. The first-order chi connectivity index (χ1) is 6.72. The van der Waals surface area contributed by atoms with Crippen molar-refractivity contribution in [3.63, 3.8) is 0 Å². The number of rotatable bonds is 5. The highest BCUT2D eigenvalue weighted by atomic mass is 35.5. The molecule has 3 heteroatoms. The zero-order chi connectivity index (χ0) is 10.4. The predicted octanol–water partition coefficient (Wildman–Crippen LogP) is 3.80. The molecular formula is C11H13ClOS. The molecule has 0 aliphatic heterocycles. The highest BCUT2D eigenvalue weighted by Gasteiger charge is 1.99. The van der Waals surface area contributed by atoms with E-state index >= 15 is 0 Å². The number of carbonyl (C=O) groups is 1. The first-order valence-electron chi connectivity index (χ1n) is 4.62. The molecule has 0 aliphatic rings. The van der Waals surface area contributed by atoms with E-state index in [9.17, 15) is 4.79 Å². The van der Waals surface area contributed by atoms with Crippen LogP contribution in [0.4, 0.5) is 0 Å². The van der Waals surface area contributed by atoms with Gasteiger partial charge in [0.15, 0.2) is 0 Å². The second kappa shape index (κ2) is 6.10. The van der Waals surface area contributed by atoms with Gasteiger partial charge in [-0.05, 0) is 24.3 Å². The molecule has 0 atom stereocenters. The predicted molar refractivity (Wildman–Crippen MR) is 62.1 cm³/mol. The molecule has 0 unspecified atom stereocenters. The van der Waals surface area contributed by atoms with E-state index in [1.807, 2.05) is 31.2 Å². The van der Waals surface area contributed by atoms with Gasteiger partial charge in [0.2, 0.25) is 0 Å². The lowest BCUT2D eigenvalue weighted by Gasteiger charge is -2.00. The van der Waals surface area contributed by atoms with Crippen LogP contribution in [0.1, 0.15) is 19.8 Å². The summed E-state index contributed by atoms with van der Waals surface area (Å²) in [6.07, 6.45) is 1.30. The number of thioether (sulfide) groups is 1. The lowest BCUT2D eigenvalue weighted by Crippen LogP contribution is -1.95. The topological polar surface area (TPSA) is 17.1 Å². The Morgan fingerprint density at radius 2 is 2.00 bits per heavy atom. The van der Waals surface area contributed by atoms with Gasteiger partial charge in [-0.2, -0.15) is 0 Å². The van der Waals surface area contributed by atoms with E-state index in [0.29, 0.717) is 18.6 Å². The second-order valence-corrected chi connectivity index (χ2v) is 4.55. The molecule has 0 aliphatic carbocycles. The molecule has 1 aromatic rings. The van der Waals surface area contributed by atoms with Crippen LogP contribution in [0.3, 0.4) is 0 Å². The molecular weight excluding hydrogens is 216 g/mol. The molecule has 1 rings (SSSR count). The molecule has 0 saturated carbocycles. The van der Waals surface area contributed by atoms with Crippen molar-refractivity contribution in [2.75, 3.05) is 5.75 Å². The van der Waals surface area contributed by atoms with Crippen molar-refractivity contribution in [1.82, 2.24) is 0 Å². The van der Waals surface area contributed by atoms with Gasteiger partial charge in [0.25, 0.3) is 0 Å². The van der Waals surface area contributed by atoms with Crippen LogP contribution in [0.15, 0.2) is 29.2 Å². The Labute approximate surface area is 93.8 Å². The first kappa shape index (κ1) is 11.6. The lowest BCUT2D eigenvalue weighted by atomic mass is 10.2. The van der Waals surface area contributed by atoms with Gasteiger partial charge in [0.05, 0.1) is 0 Å². The fourth-order valence-electron chi connectivity index (χ4n) is 0.990. The normalized spacial score (nSPS) is 10.1. The highest BCUT2D eigenvalue weighted by Crippen LogP contribution is 2.20. The monoisotopic (exact) mass is 228 g/mol. The van der Waals surface area contributed by atoms with E-state index in [4.69, 9.17) is 11.6 Å². The van der Waals surface area contributed by atoms with Crippen molar-refractivity contribution < 1.29 is 4.79 Å². The van der Waals surface area contributed by atoms with Gasteiger partial charge < -0.3 is 0 Å². The van der Waals surface area contributed by atoms with Crippen molar-refractivity contribution in [2.45, 2.75) is 24.7 Å². The van der Waals surface area contributed by atoms with Crippen LogP contribution < -0.4 is 0 Å². The van der Waals surface area contributed by atoms with Crippen molar-refractivity contribution in [3.8, 4) is 0 Å². The summed E-state index contributed by atoms with van der Waals surface area (Å²) < 4.78 is 0. The third-order valence-corrected chi connectivity index (χ3v) is 3.12. The minimum atomic E-state index is 0.325. The van der Waals surface area contributed by atoms with Crippen LogP contribution >= 0.6 is 23.4 Å². The Bertz CT molecular complexity index is 295. The molecule has 76 valence electrons. The second-order valence-electron chi connectivity index (χ2n) is 2.94. The third kappa shape index (κ3) is 4.16. The molecule has 0 bridgehead atoms. The summed E-state index contributed by atoms with van der Waals surface area (Å²) in [6.45, 7) is 1.90. The van der Waals surface area contributed by atoms with Gasteiger partial charge in [0, 0.05) is 28.5 Å². The summed E-state index contributed by atoms with van der Waals surface area (Å²) in [5.41, 5.74) is 0. The average molecular weight is 229 g/mol. The zero-order valence-electron chi connectivity index (χ0n) is 8.13. The van der Waals surface area contributed by atoms with Crippen LogP contribution in [0.25, 0.3) is 0 Å². The molecule has 1 nitrogen and oxygen atoms in total. The molecule has 0 spiro atoms. The summed E-state index contributed by atoms with van der Waals surface area (Å²) in [5.74, 6) is 1.18. The largest absolute Gasteiger partial charge is 0.300 e. The molecule has 0 fully saturated rings. The number of hydrogen-bond donors (Lipinski definition) is 0. The van der Waals surface area contributed by atoms with E-state index < -0.39 is 0 Å². The van der Waals surface area contributed by atoms with Gasteiger partial charge >= 0.3 is 0 Å². The van der Waals surface area contributed by atoms with E-state index in [1.165, 1.54) is 4.90 Å². The van der Waals surface area contributed by atoms with Crippen molar-refractivity contribution in [2.24, 2.45) is 0 Å². The molecule has 0 radical (unpaired) electrons. The average Bonchev–Trinajstić information content (AvgIpc) is 2.21. The molecule has 0 amide bonds. The number of ketones is 1. The standard InChI is InChI=1S/C11H13ClOS/c1-2-10(13)7-8-14-11-5-3-9(12)4-6-11/h3-6H,2,7-8H2,1H3. The summed E-state index contributed by atoms with van der Waals surface area (Å²) >= 11 is 7.45. The highest BCUT2D eigenvalue weighted by molar-refractivity contribution is 7.99. The smallest absolute Gasteiger partial charge is 0.133 e. The van der Waals surface area contributed by atoms with Crippen LogP contribution in [-0.2, 0) is 4.79 Å². The molecule has 1 aromatic carbocycles. The zero-order valence-corrected chi connectivity index (χ0v) is 9.70. The van der Waals surface area contributed by atoms with Crippen LogP contribution in [0.5, 0.6) is 0 Å². The first-order valence-corrected chi connectivity index (χ1v) is 5.99. The maximum Gasteiger partial charge on any atom is 0.133 e. The Morgan fingerprint density at radius 1 is 1.36 bits per heavy atom. The number of benzene rings is 1. The van der Waals surface area contributed by atoms with E-state index in [-0.39, 0.29) is 0 Å². The van der Waals surface area contributed by atoms with Crippen LogP contribution in [0, 0.1) is 0 Å². The van der Waals surface area contributed by atoms with Crippen molar-refractivity contribution in [3.05, 3.63) is 29.3 Å². The number of halogens is 1. The number of carbonyl (C=O) groups excluding carboxylic acids is 1. The number of Topliss-reactive ketones (excluding diaryl/α,β-unsaturated/α-hetero) is 1. The maximum absolute atomic E-state index is 11.0.